The first-order chi connectivity index (χ1) is 9.61. The summed E-state index contributed by atoms with van der Waals surface area (Å²) >= 11 is 1.52. The minimum Gasteiger partial charge on any atom is -0.330 e. The van der Waals surface area contributed by atoms with Gasteiger partial charge in [0.2, 0.25) is 5.13 Å². The summed E-state index contributed by atoms with van der Waals surface area (Å²) in [5.41, 5.74) is 4.21. The van der Waals surface area contributed by atoms with Crippen molar-refractivity contribution >= 4 is 22.2 Å². The Balaban J connectivity index is 1.83. The summed E-state index contributed by atoms with van der Waals surface area (Å²) in [5, 5.41) is 17.6. The van der Waals surface area contributed by atoms with Crippen molar-refractivity contribution in [1.29, 1.82) is 0 Å². The summed E-state index contributed by atoms with van der Waals surface area (Å²) in [6, 6.07) is 10.2. The quantitative estimate of drug-likeness (QED) is 0.802. The molecular formula is C14H15N5S. The average Bonchev–Trinajstić information content (AvgIpc) is 2.99. The van der Waals surface area contributed by atoms with Crippen molar-refractivity contribution in [3.8, 4) is 10.7 Å². The standard InChI is InChI=1S/C14H15N5S/c1-9-4-6-11(7-5-9)15-14-17-16-13(20-14)12-8-10(2)18-19(12)3/h4-8H,1-3H3,(H,15,17). The van der Waals surface area contributed by atoms with Gasteiger partial charge in [-0.1, -0.05) is 29.0 Å². The van der Waals surface area contributed by atoms with Crippen molar-refractivity contribution in [2.24, 2.45) is 7.05 Å². The molecule has 0 radical (unpaired) electrons. The highest BCUT2D eigenvalue weighted by atomic mass is 32.1. The van der Waals surface area contributed by atoms with Crippen LogP contribution in [0.4, 0.5) is 10.8 Å². The second-order valence-electron chi connectivity index (χ2n) is 4.70. The Morgan fingerprint density at radius 2 is 1.85 bits per heavy atom. The van der Waals surface area contributed by atoms with E-state index in [4.69, 9.17) is 0 Å². The molecule has 3 rings (SSSR count). The van der Waals surface area contributed by atoms with E-state index in [0.29, 0.717) is 0 Å². The van der Waals surface area contributed by atoms with Crippen LogP contribution >= 0.6 is 11.3 Å². The number of nitrogens with one attached hydrogen (secondary N) is 1. The third-order valence-corrected chi connectivity index (χ3v) is 3.81. The predicted molar refractivity (Wildman–Crippen MR) is 81.3 cm³/mol. The monoisotopic (exact) mass is 285 g/mol. The average molecular weight is 285 g/mol. The molecule has 1 aromatic carbocycles. The zero-order valence-corrected chi connectivity index (χ0v) is 12.4. The van der Waals surface area contributed by atoms with Gasteiger partial charge in [0.25, 0.3) is 0 Å². The van der Waals surface area contributed by atoms with Crippen LogP contribution in [-0.4, -0.2) is 20.0 Å². The molecule has 0 bridgehead atoms. The van der Waals surface area contributed by atoms with Crippen LogP contribution in [0, 0.1) is 13.8 Å². The minimum absolute atomic E-state index is 0.780. The third-order valence-electron chi connectivity index (χ3n) is 2.95. The molecular weight excluding hydrogens is 270 g/mol. The molecule has 0 aliphatic rings. The van der Waals surface area contributed by atoms with E-state index in [-0.39, 0.29) is 0 Å². The third kappa shape index (κ3) is 2.55. The molecule has 0 aliphatic heterocycles. The Kier molecular flexibility index (Phi) is 3.23. The lowest BCUT2D eigenvalue weighted by Gasteiger charge is -2.01. The molecule has 0 amide bonds. The van der Waals surface area contributed by atoms with Crippen LogP contribution in [0.5, 0.6) is 0 Å². The lowest BCUT2D eigenvalue weighted by Crippen LogP contribution is -1.93. The van der Waals surface area contributed by atoms with Gasteiger partial charge in [0.1, 0.15) is 0 Å². The summed E-state index contributed by atoms with van der Waals surface area (Å²) in [6.07, 6.45) is 0. The summed E-state index contributed by atoms with van der Waals surface area (Å²) in [6.45, 7) is 4.04. The number of rotatable bonds is 3. The minimum atomic E-state index is 0.780. The normalized spacial score (nSPS) is 10.8. The van der Waals surface area contributed by atoms with Gasteiger partial charge in [0.05, 0.1) is 11.4 Å². The van der Waals surface area contributed by atoms with E-state index in [2.05, 4.69) is 39.7 Å². The Hall–Kier alpha value is -2.21. The van der Waals surface area contributed by atoms with Crippen LogP contribution in [-0.2, 0) is 7.05 Å². The molecule has 20 heavy (non-hydrogen) atoms. The second-order valence-corrected chi connectivity index (χ2v) is 5.68. The van der Waals surface area contributed by atoms with Gasteiger partial charge in [0.15, 0.2) is 5.01 Å². The number of aryl methyl sites for hydroxylation is 3. The van der Waals surface area contributed by atoms with Gasteiger partial charge < -0.3 is 5.32 Å². The van der Waals surface area contributed by atoms with E-state index in [1.54, 1.807) is 0 Å². The fourth-order valence-electron chi connectivity index (χ4n) is 1.95. The van der Waals surface area contributed by atoms with Gasteiger partial charge >= 0.3 is 0 Å². The van der Waals surface area contributed by atoms with Crippen LogP contribution < -0.4 is 5.32 Å². The number of hydrogen-bond donors (Lipinski definition) is 1. The molecule has 3 aromatic rings. The summed E-state index contributed by atoms with van der Waals surface area (Å²) < 4.78 is 1.82. The Morgan fingerprint density at radius 1 is 1.10 bits per heavy atom. The number of anilines is 2. The van der Waals surface area contributed by atoms with Crippen LogP contribution in [0.2, 0.25) is 0 Å². The molecule has 2 aromatic heterocycles. The molecule has 0 atom stereocenters. The Morgan fingerprint density at radius 3 is 2.50 bits per heavy atom. The Bertz CT molecular complexity index is 726. The maximum atomic E-state index is 4.33. The highest BCUT2D eigenvalue weighted by Crippen LogP contribution is 2.28. The smallest absolute Gasteiger partial charge is 0.210 e. The van der Waals surface area contributed by atoms with Crippen molar-refractivity contribution in [1.82, 2.24) is 20.0 Å². The summed E-state index contributed by atoms with van der Waals surface area (Å²) in [7, 11) is 1.91. The van der Waals surface area contributed by atoms with Crippen molar-refractivity contribution in [3.05, 3.63) is 41.6 Å². The second kappa shape index (κ2) is 5.05. The molecule has 5 nitrogen and oxygen atoms in total. The maximum absolute atomic E-state index is 4.33. The largest absolute Gasteiger partial charge is 0.330 e. The molecule has 102 valence electrons. The highest BCUT2D eigenvalue weighted by molar-refractivity contribution is 7.18. The van der Waals surface area contributed by atoms with Crippen LogP contribution in [0.3, 0.4) is 0 Å². The van der Waals surface area contributed by atoms with Crippen molar-refractivity contribution in [2.75, 3.05) is 5.32 Å². The van der Waals surface area contributed by atoms with Gasteiger partial charge in [-0.05, 0) is 32.0 Å². The fourth-order valence-corrected chi connectivity index (χ4v) is 2.76. The first-order valence-corrected chi connectivity index (χ1v) is 7.12. The van der Waals surface area contributed by atoms with Gasteiger partial charge in [0, 0.05) is 12.7 Å². The number of hydrogen-bond acceptors (Lipinski definition) is 5. The topological polar surface area (TPSA) is 55.6 Å². The lowest BCUT2D eigenvalue weighted by atomic mass is 10.2. The zero-order valence-electron chi connectivity index (χ0n) is 11.6. The first kappa shape index (κ1) is 12.8. The first-order valence-electron chi connectivity index (χ1n) is 6.30. The van der Waals surface area contributed by atoms with Crippen LogP contribution in [0.25, 0.3) is 10.7 Å². The van der Waals surface area contributed by atoms with E-state index < -0.39 is 0 Å². The summed E-state index contributed by atoms with van der Waals surface area (Å²) in [5.74, 6) is 0. The van der Waals surface area contributed by atoms with E-state index in [0.717, 1.165) is 27.2 Å². The van der Waals surface area contributed by atoms with Gasteiger partial charge in [-0.25, -0.2) is 0 Å². The molecule has 0 unspecified atom stereocenters. The van der Waals surface area contributed by atoms with Gasteiger partial charge in [-0.2, -0.15) is 5.10 Å². The highest BCUT2D eigenvalue weighted by Gasteiger charge is 2.11. The van der Waals surface area contributed by atoms with Crippen molar-refractivity contribution in [3.63, 3.8) is 0 Å². The summed E-state index contributed by atoms with van der Waals surface area (Å²) in [4.78, 5) is 0. The molecule has 6 heteroatoms. The molecule has 0 fully saturated rings. The van der Waals surface area contributed by atoms with E-state index in [1.165, 1.54) is 16.9 Å². The van der Waals surface area contributed by atoms with Gasteiger partial charge in [-0.3, -0.25) is 4.68 Å². The SMILES string of the molecule is Cc1ccc(Nc2nnc(-c3cc(C)nn3C)s2)cc1. The molecule has 1 N–H and O–H groups in total. The van der Waals surface area contributed by atoms with Crippen LogP contribution in [0.15, 0.2) is 30.3 Å². The van der Waals surface area contributed by atoms with E-state index >= 15 is 0 Å². The number of benzene rings is 1. The van der Waals surface area contributed by atoms with Crippen molar-refractivity contribution in [2.45, 2.75) is 13.8 Å². The van der Waals surface area contributed by atoms with Crippen LogP contribution in [0.1, 0.15) is 11.3 Å². The molecule has 0 spiro atoms. The molecule has 0 saturated heterocycles. The Labute approximate surface area is 121 Å². The van der Waals surface area contributed by atoms with Crippen molar-refractivity contribution < 1.29 is 0 Å². The van der Waals surface area contributed by atoms with E-state index in [9.17, 15) is 0 Å². The zero-order chi connectivity index (χ0) is 14.1. The fraction of sp³-hybridized carbons (Fsp3) is 0.214. The molecule has 2 heterocycles. The number of aromatic nitrogens is 4. The molecule has 0 saturated carbocycles. The lowest BCUT2D eigenvalue weighted by molar-refractivity contribution is 0.762. The number of nitrogens with zero attached hydrogens (tertiary/aromatic N) is 4. The maximum Gasteiger partial charge on any atom is 0.210 e. The molecule has 0 aliphatic carbocycles. The van der Waals surface area contributed by atoms with E-state index in [1.807, 2.05) is 36.9 Å². The van der Waals surface area contributed by atoms with Gasteiger partial charge in [-0.15, -0.1) is 10.2 Å². The predicted octanol–water partition coefficient (Wildman–Crippen LogP) is 3.30.